The highest BCUT2D eigenvalue weighted by molar-refractivity contribution is 5.99. The van der Waals surface area contributed by atoms with Crippen molar-refractivity contribution in [2.45, 2.75) is 79.6 Å². The lowest BCUT2D eigenvalue weighted by Crippen LogP contribution is -2.15. The van der Waals surface area contributed by atoms with Crippen LogP contribution in [-0.4, -0.2) is 79.9 Å². The van der Waals surface area contributed by atoms with Crippen molar-refractivity contribution >= 4 is 46.2 Å². The topological polar surface area (TPSA) is 156 Å². The molecule has 0 aliphatic carbocycles. The number of fused-ring (bicyclic) bond motifs is 2. The molecule has 0 saturated carbocycles. The zero-order valence-corrected chi connectivity index (χ0v) is 42.2. The van der Waals surface area contributed by atoms with Crippen LogP contribution < -0.4 is 10.6 Å². The highest BCUT2D eigenvalue weighted by Crippen LogP contribution is 2.35. The second kappa shape index (κ2) is 22.5. The van der Waals surface area contributed by atoms with Crippen molar-refractivity contribution in [2.75, 3.05) is 30.8 Å². The summed E-state index contributed by atoms with van der Waals surface area (Å²) in [5.74, 6) is -1.39. The van der Waals surface area contributed by atoms with E-state index in [0.717, 1.165) is 39.1 Å². The highest BCUT2D eigenvalue weighted by Gasteiger charge is 2.28. The number of pyridine rings is 2. The first-order valence-electron chi connectivity index (χ1n) is 24.0. The number of carboxylic acids is 1. The standard InChI is InChI=1S/C29H28F3N3O3.C28H26F3N3O3/c1-5-26(36)22-8-7-20(13-17(22)2)25-15-34-27-24(33-11-10-29(30,31)32)14-21(16-35(25)27)19-6-9-23(18(3)12-19)28(37)38-4;1-4-25(35)21-7-6-19(12-16(21)2)24-14-33-26-23(32-10-9-28(29,30)31)13-20(15-34(24)26)18-5-8-22(27(36)37)17(3)11-18/h6-9,12-16,33H,5,10-11H2,1-4H3;5-8,11-15,32H,4,9-10H2,1-3H3,(H,36,37). The number of esters is 1. The lowest BCUT2D eigenvalue weighted by molar-refractivity contribution is -0.132. The number of anilines is 2. The number of halogens is 6. The van der Waals surface area contributed by atoms with E-state index in [1.54, 1.807) is 86.1 Å². The number of nitrogens with one attached hydrogen (secondary N) is 2. The first kappa shape index (κ1) is 54.5. The van der Waals surface area contributed by atoms with Crippen LogP contribution in [0.25, 0.3) is 56.1 Å². The smallest absolute Gasteiger partial charge is 0.390 e. The van der Waals surface area contributed by atoms with Gasteiger partial charge in [-0.3, -0.25) is 18.4 Å². The third-order valence-corrected chi connectivity index (χ3v) is 12.7. The lowest BCUT2D eigenvalue weighted by atomic mass is 9.99. The summed E-state index contributed by atoms with van der Waals surface area (Å²) >= 11 is 0. The molecule has 0 unspecified atom stereocenters. The van der Waals surface area contributed by atoms with Crippen LogP contribution in [0.4, 0.5) is 37.7 Å². The Morgan fingerprint density at radius 3 is 1.24 bits per heavy atom. The predicted molar refractivity (Wildman–Crippen MR) is 277 cm³/mol. The molecule has 0 aliphatic heterocycles. The van der Waals surface area contributed by atoms with Gasteiger partial charge in [0.15, 0.2) is 22.9 Å². The molecule has 0 saturated heterocycles. The molecule has 8 aromatic rings. The summed E-state index contributed by atoms with van der Waals surface area (Å²) in [4.78, 5) is 56.9. The number of carbonyl (C=O) groups is 4. The van der Waals surface area contributed by atoms with Crippen LogP contribution in [0.2, 0.25) is 0 Å². The number of benzene rings is 4. The average molecular weight is 1030 g/mol. The Hall–Kier alpha value is -8.28. The summed E-state index contributed by atoms with van der Waals surface area (Å²) in [6, 6.07) is 24.7. The maximum Gasteiger partial charge on any atom is 0.390 e. The zero-order chi connectivity index (χ0) is 54.5. The van der Waals surface area contributed by atoms with E-state index in [2.05, 4.69) is 20.6 Å². The number of nitrogens with zero attached hydrogens (tertiary/aromatic N) is 4. The van der Waals surface area contributed by atoms with Gasteiger partial charge in [0.2, 0.25) is 0 Å². The van der Waals surface area contributed by atoms with Gasteiger partial charge in [-0.05, 0) is 97.5 Å². The highest BCUT2D eigenvalue weighted by atomic mass is 19.4. The van der Waals surface area contributed by atoms with Crippen LogP contribution in [0.5, 0.6) is 0 Å². The third-order valence-electron chi connectivity index (χ3n) is 12.7. The number of ether oxygens (including phenoxy) is 1. The minimum absolute atomic E-state index is 0.0424. The molecule has 390 valence electrons. The number of hydrogen-bond acceptors (Lipinski definition) is 9. The van der Waals surface area contributed by atoms with Crippen molar-refractivity contribution in [1.29, 1.82) is 0 Å². The molecule has 4 aromatic carbocycles. The number of aromatic carboxylic acids is 1. The summed E-state index contributed by atoms with van der Waals surface area (Å²) < 4.78 is 85.4. The number of methoxy groups -OCH3 is 1. The largest absolute Gasteiger partial charge is 0.478 e. The number of aryl methyl sites for hydroxylation is 4. The maximum atomic E-state index is 12.8. The Morgan fingerprint density at radius 2 is 0.893 bits per heavy atom. The van der Waals surface area contributed by atoms with E-state index in [1.165, 1.54) is 13.2 Å². The van der Waals surface area contributed by atoms with E-state index < -0.39 is 37.1 Å². The molecule has 0 bridgehead atoms. The van der Waals surface area contributed by atoms with Crippen molar-refractivity contribution in [3.8, 4) is 44.8 Å². The van der Waals surface area contributed by atoms with Gasteiger partial charge >= 0.3 is 24.3 Å². The number of ketones is 2. The van der Waals surface area contributed by atoms with Crippen molar-refractivity contribution < 1.29 is 55.4 Å². The van der Waals surface area contributed by atoms with Gasteiger partial charge in [0.25, 0.3) is 0 Å². The van der Waals surface area contributed by atoms with Gasteiger partial charge in [0.1, 0.15) is 0 Å². The van der Waals surface area contributed by atoms with Gasteiger partial charge < -0.3 is 20.5 Å². The van der Waals surface area contributed by atoms with Crippen molar-refractivity contribution in [3.63, 3.8) is 0 Å². The molecule has 75 heavy (non-hydrogen) atoms. The fraction of sp³-hybridized carbons (Fsp3) is 0.263. The third kappa shape index (κ3) is 12.6. The number of alkyl halides is 6. The van der Waals surface area contributed by atoms with Gasteiger partial charge in [-0.2, -0.15) is 26.3 Å². The molecule has 4 heterocycles. The molecule has 18 heteroatoms. The molecule has 0 radical (unpaired) electrons. The zero-order valence-electron chi connectivity index (χ0n) is 42.2. The molecule has 0 fully saturated rings. The summed E-state index contributed by atoms with van der Waals surface area (Å²) in [6.45, 7) is 10.2. The van der Waals surface area contributed by atoms with Gasteiger partial charge in [0, 0.05) is 71.7 Å². The quantitative estimate of drug-likeness (QED) is 0.0484. The number of hydrogen-bond donors (Lipinski definition) is 3. The second-order valence-electron chi connectivity index (χ2n) is 18.0. The molecular weight excluding hydrogens is 979 g/mol. The van der Waals surface area contributed by atoms with Gasteiger partial charge in [0.05, 0.1) is 66.2 Å². The number of carbonyl (C=O) groups excluding carboxylic acids is 3. The first-order valence-corrected chi connectivity index (χ1v) is 24.0. The summed E-state index contributed by atoms with van der Waals surface area (Å²) in [5, 5.41) is 15.1. The Labute approximate surface area is 428 Å². The Morgan fingerprint density at radius 1 is 0.533 bits per heavy atom. The second-order valence-corrected chi connectivity index (χ2v) is 18.0. The van der Waals surface area contributed by atoms with Crippen LogP contribution in [0.15, 0.2) is 110 Å². The van der Waals surface area contributed by atoms with E-state index in [0.29, 0.717) is 80.1 Å². The predicted octanol–water partition coefficient (Wildman–Crippen LogP) is 14.0. The normalized spacial score (nSPS) is 11.6. The molecule has 0 amide bonds. The fourth-order valence-electron chi connectivity index (χ4n) is 8.77. The molecule has 12 nitrogen and oxygen atoms in total. The monoisotopic (exact) mass is 1030 g/mol. The van der Waals surface area contributed by atoms with Crippen molar-refractivity contribution in [1.82, 2.24) is 18.8 Å². The molecule has 0 spiro atoms. The number of rotatable bonds is 16. The SMILES string of the molecule is CCC(=O)c1ccc(-c2cnc3c(NCCC(F)(F)F)cc(-c4ccc(C(=O)O)c(C)c4)cn23)cc1C.CCC(=O)c1ccc(-c2cnc3c(NCCC(F)(F)F)cc(-c4ccc(C(=O)OC)c(C)c4)cn23)cc1C. The maximum absolute atomic E-state index is 12.8. The fourth-order valence-corrected chi connectivity index (χ4v) is 8.77. The van der Waals surface area contributed by atoms with E-state index >= 15 is 0 Å². The molecule has 0 aliphatic rings. The van der Waals surface area contributed by atoms with Crippen LogP contribution in [0, 0.1) is 27.7 Å². The van der Waals surface area contributed by atoms with Gasteiger partial charge in [-0.1, -0.05) is 62.4 Å². The van der Waals surface area contributed by atoms with Gasteiger partial charge in [-0.25, -0.2) is 19.6 Å². The summed E-state index contributed by atoms with van der Waals surface area (Å²) in [6.07, 6.45) is -2.81. The summed E-state index contributed by atoms with van der Waals surface area (Å²) in [5.41, 5.74) is 12.5. The van der Waals surface area contributed by atoms with E-state index in [4.69, 9.17) is 4.74 Å². The minimum atomic E-state index is -4.31. The van der Waals surface area contributed by atoms with E-state index in [9.17, 15) is 50.6 Å². The molecule has 0 atom stereocenters. The van der Waals surface area contributed by atoms with Crippen LogP contribution in [0.3, 0.4) is 0 Å². The Balaban J connectivity index is 0.000000219. The molecular formula is C57H54F6N6O6. The molecule has 8 rings (SSSR count). The summed E-state index contributed by atoms with van der Waals surface area (Å²) in [7, 11) is 1.31. The number of aromatic nitrogens is 4. The first-order chi connectivity index (χ1) is 35.5. The average Bonchev–Trinajstić information content (AvgIpc) is 4.00. The number of imidazole rings is 2. The lowest BCUT2D eigenvalue weighted by Gasteiger charge is -2.14. The van der Waals surface area contributed by atoms with Crippen LogP contribution in [-0.2, 0) is 4.74 Å². The molecule has 3 N–H and O–H groups in total. The van der Waals surface area contributed by atoms with Crippen LogP contribution in [0.1, 0.15) is 103 Å². The minimum Gasteiger partial charge on any atom is -0.478 e. The van der Waals surface area contributed by atoms with E-state index in [1.807, 2.05) is 67.9 Å². The van der Waals surface area contributed by atoms with Crippen molar-refractivity contribution in [2.24, 2.45) is 0 Å². The van der Waals surface area contributed by atoms with Gasteiger partial charge in [-0.15, -0.1) is 0 Å². The van der Waals surface area contributed by atoms with Crippen LogP contribution >= 0.6 is 0 Å². The molecule has 4 aromatic heterocycles. The van der Waals surface area contributed by atoms with Crippen molar-refractivity contribution in [3.05, 3.63) is 154 Å². The van der Waals surface area contributed by atoms with E-state index in [-0.39, 0.29) is 30.2 Å². The number of Topliss-reactive ketones (excluding diaryl/α,β-unsaturated/α-hetero) is 2. The Kier molecular flexibility index (Phi) is 16.3. The number of carboxylic acid groups (broad SMARTS) is 1. The Bertz CT molecular complexity index is 3490.